The minimum Gasteiger partial charge on any atom is -0.497 e. The molecule has 0 radical (unpaired) electrons. The van der Waals surface area contributed by atoms with Crippen molar-refractivity contribution in [1.29, 1.82) is 0 Å². The van der Waals surface area contributed by atoms with Crippen LogP contribution in [0.15, 0.2) is 71.5 Å². The molecule has 1 atom stereocenters. The maximum atomic E-state index is 14.0. The van der Waals surface area contributed by atoms with Gasteiger partial charge in [0, 0.05) is 33.2 Å². The van der Waals surface area contributed by atoms with E-state index in [2.05, 4.69) is 10.1 Å². The second kappa shape index (κ2) is 9.21. The molecule has 0 saturated carbocycles. The van der Waals surface area contributed by atoms with Gasteiger partial charge < -0.3 is 9.72 Å². The zero-order valence-corrected chi connectivity index (χ0v) is 21.2. The number of benzene rings is 3. The fourth-order valence-corrected chi connectivity index (χ4v) is 4.78. The summed E-state index contributed by atoms with van der Waals surface area (Å²) in [5.74, 6) is -0.221. The van der Waals surface area contributed by atoms with E-state index in [-0.39, 0.29) is 11.3 Å². The predicted molar refractivity (Wildman–Crippen MR) is 143 cm³/mol. The third-order valence-corrected chi connectivity index (χ3v) is 6.97. The Hall–Kier alpha value is -4.03. The molecule has 36 heavy (non-hydrogen) atoms. The number of hydrogen-bond donors (Lipinski definition) is 2. The van der Waals surface area contributed by atoms with Gasteiger partial charge in [-0.1, -0.05) is 17.7 Å². The number of aryl methyl sites for hydroxylation is 3. The van der Waals surface area contributed by atoms with Gasteiger partial charge in [0.2, 0.25) is 0 Å². The number of nitrogens with one attached hydrogen (secondary N) is 2. The summed E-state index contributed by atoms with van der Waals surface area (Å²) in [6, 6.07) is 19.8. The topological polar surface area (TPSA) is 79.9 Å². The molecular formula is C29H26ClN3O3. The van der Waals surface area contributed by atoms with Crippen LogP contribution in [0, 0.1) is 20.8 Å². The third-order valence-electron chi connectivity index (χ3n) is 6.72. The standard InChI is InChI=1S/C29H26ClN3O3/c1-16-5-10-21(13-17(16)2)33-26(34)15-25(32-33)28(29(35)19-6-8-20(30)9-7-19)27-18(3)31-24-12-11-22(36-4)14-23(24)27/h5-15,28,31-32H,1-4H3. The monoisotopic (exact) mass is 499 g/mol. The number of aromatic nitrogens is 3. The van der Waals surface area contributed by atoms with Crippen molar-refractivity contribution in [2.45, 2.75) is 26.7 Å². The number of carbonyl (C=O) groups excluding carboxylic acids is 1. The molecule has 0 spiro atoms. The first-order chi connectivity index (χ1) is 17.3. The Morgan fingerprint density at radius 3 is 2.39 bits per heavy atom. The third kappa shape index (κ3) is 4.14. The molecule has 3 aromatic carbocycles. The number of Topliss-reactive ketones (excluding diaryl/α,β-unsaturated/α-hetero) is 1. The lowest BCUT2D eigenvalue weighted by Gasteiger charge is -2.16. The molecule has 2 N–H and O–H groups in total. The Morgan fingerprint density at radius 1 is 0.944 bits per heavy atom. The second-order valence-corrected chi connectivity index (χ2v) is 9.47. The van der Waals surface area contributed by atoms with Crippen LogP contribution in [0.2, 0.25) is 5.02 Å². The number of carbonyl (C=O) groups is 1. The normalized spacial score (nSPS) is 12.1. The molecule has 182 valence electrons. The van der Waals surface area contributed by atoms with Crippen molar-refractivity contribution in [1.82, 2.24) is 14.8 Å². The van der Waals surface area contributed by atoms with Gasteiger partial charge in [0.05, 0.1) is 24.4 Å². The average Bonchev–Trinajstić information content (AvgIpc) is 3.40. The number of ketones is 1. The van der Waals surface area contributed by atoms with Crippen molar-refractivity contribution in [2.75, 3.05) is 7.11 Å². The lowest BCUT2D eigenvalue weighted by molar-refractivity contribution is 0.0972. The van der Waals surface area contributed by atoms with E-state index in [0.717, 1.165) is 33.3 Å². The maximum absolute atomic E-state index is 14.0. The summed E-state index contributed by atoms with van der Waals surface area (Å²) in [4.78, 5) is 30.6. The minimum atomic E-state index is -0.757. The number of hydrogen-bond acceptors (Lipinski definition) is 3. The number of aromatic amines is 2. The van der Waals surface area contributed by atoms with Crippen molar-refractivity contribution < 1.29 is 9.53 Å². The molecule has 0 bridgehead atoms. The number of nitrogens with zero attached hydrogens (tertiary/aromatic N) is 1. The fourth-order valence-electron chi connectivity index (χ4n) is 4.65. The molecule has 6 nitrogen and oxygen atoms in total. The molecule has 5 aromatic rings. The first kappa shape index (κ1) is 23.7. The van der Waals surface area contributed by atoms with Gasteiger partial charge in [-0.2, -0.15) is 0 Å². The Bertz CT molecular complexity index is 1660. The van der Waals surface area contributed by atoms with Gasteiger partial charge >= 0.3 is 0 Å². The average molecular weight is 500 g/mol. The van der Waals surface area contributed by atoms with Crippen molar-refractivity contribution in [3.8, 4) is 11.4 Å². The molecule has 0 aliphatic carbocycles. The van der Waals surface area contributed by atoms with Crippen LogP contribution in [0.25, 0.3) is 16.6 Å². The Balaban J connectivity index is 1.73. The SMILES string of the molecule is COc1ccc2[nH]c(C)c(C(C(=O)c3ccc(Cl)cc3)c3cc(=O)n(-c4ccc(C)c(C)c4)[nH]3)c2c1. The van der Waals surface area contributed by atoms with Crippen molar-refractivity contribution >= 4 is 28.3 Å². The molecule has 0 aliphatic rings. The van der Waals surface area contributed by atoms with Gasteiger partial charge in [-0.05, 0) is 92.1 Å². The van der Waals surface area contributed by atoms with E-state index in [1.807, 2.05) is 57.2 Å². The molecule has 5 rings (SSSR count). The highest BCUT2D eigenvalue weighted by atomic mass is 35.5. The Kier molecular flexibility index (Phi) is 6.06. The van der Waals surface area contributed by atoms with E-state index in [4.69, 9.17) is 16.3 Å². The molecular weight excluding hydrogens is 474 g/mol. The van der Waals surface area contributed by atoms with Gasteiger partial charge in [0.15, 0.2) is 5.78 Å². The van der Waals surface area contributed by atoms with E-state index in [9.17, 15) is 9.59 Å². The largest absolute Gasteiger partial charge is 0.497 e. The molecule has 1 unspecified atom stereocenters. The highest BCUT2D eigenvalue weighted by Gasteiger charge is 2.31. The van der Waals surface area contributed by atoms with Gasteiger partial charge in [0.25, 0.3) is 5.56 Å². The van der Waals surface area contributed by atoms with E-state index in [1.165, 1.54) is 10.7 Å². The predicted octanol–water partition coefficient (Wildman–Crippen LogP) is 6.25. The molecule has 2 aromatic heterocycles. The van der Waals surface area contributed by atoms with Crippen LogP contribution in [-0.4, -0.2) is 27.7 Å². The van der Waals surface area contributed by atoms with Gasteiger partial charge in [-0.25, -0.2) is 4.68 Å². The summed E-state index contributed by atoms with van der Waals surface area (Å²) >= 11 is 6.08. The lowest BCUT2D eigenvalue weighted by atomic mass is 9.86. The quantitative estimate of drug-likeness (QED) is 0.271. The smallest absolute Gasteiger partial charge is 0.271 e. The molecule has 7 heteroatoms. The molecule has 0 aliphatic heterocycles. The van der Waals surface area contributed by atoms with Gasteiger partial charge in [-0.15, -0.1) is 0 Å². The van der Waals surface area contributed by atoms with E-state index in [0.29, 0.717) is 27.7 Å². The molecule has 0 amide bonds. The number of halogens is 1. The van der Waals surface area contributed by atoms with Gasteiger partial charge in [-0.3, -0.25) is 14.7 Å². The second-order valence-electron chi connectivity index (χ2n) is 9.03. The zero-order chi connectivity index (χ0) is 25.6. The summed E-state index contributed by atoms with van der Waals surface area (Å²) in [7, 11) is 1.61. The maximum Gasteiger partial charge on any atom is 0.271 e. The number of methoxy groups -OCH3 is 1. The molecule has 2 heterocycles. The van der Waals surface area contributed by atoms with Crippen LogP contribution in [0.4, 0.5) is 0 Å². The van der Waals surface area contributed by atoms with Crippen molar-refractivity contribution in [2.24, 2.45) is 0 Å². The fraction of sp³-hybridized carbons (Fsp3) is 0.172. The summed E-state index contributed by atoms with van der Waals surface area (Å²) in [5, 5.41) is 4.63. The van der Waals surface area contributed by atoms with Crippen LogP contribution < -0.4 is 10.3 Å². The summed E-state index contributed by atoms with van der Waals surface area (Å²) in [6.45, 7) is 5.96. The highest BCUT2D eigenvalue weighted by Crippen LogP contribution is 2.37. The van der Waals surface area contributed by atoms with Crippen molar-refractivity contribution in [3.63, 3.8) is 0 Å². The summed E-state index contributed by atoms with van der Waals surface area (Å²) < 4.78 is 6.94. The first-order valence-electron chi connectivity index (χ1n) is 11.6. The molecule has 0 saturated heterocycles. The summed E-state index contributed by atoms with van der Waals surface area (Å²) in [5.41, 5.74) is 6.20. The first-order valence-corrected chi connectivity index (χ1v) is 12.0. The number of ether oxygens (including phenoxy) is 1. The van der Waals surface area contributed by atoms with Crippen LogP contribution in [0.3, 0.4) is 0 Å². The van der Waals surface area contributed by atoms with Crippen LogP contribution >= 0.6 is 11.6 Å². The van der Waals surface area contributed by atoms with Crippen LogP contribution in [0.5, 0.6) is 5.75 Å². The highest BCUT2D eigenvalue weighted by molar-refractivity contribution is 6.30. The van der Waals surface area contributed by atoms with E-state index < -0.39 is 5.92 Å². The van der Waals surface area contributed by atoms with E-state index in [1.54, 1.807) is 31.4 Å². The number of fused-ring (bicyclic) bond motifs is 1. The number of H-pyrrole nitrogens is 2. The van der Waals surface area contributed by atoms with Gasteiger partial charge in [0.1, 0.15) is 5.75 Å². The summed E-state index contributed by atoms with van der Waals surface area (Å²) in [6.07, 6.45) is 0. The minimum absolute atomic E-state index is 0.146. The molecule has 0 fully saturated rings. The Labute approximate surface area is 213 Å². The number of rotatable bonds is 6. The van der Waals surface area contributed by atoms with Crippen LogP contribution in [-0.2, 0) is 0 Å². The van der Waals surface area contributed by atoms with E-state index >= 15 is 0 Å². The van der Waals surface area contributed by atoms with Crippen LogP contribution in [0.1, 0.15) is 44.4 Å². The Morgan fingerprint density at radius 2 is 1.69 bits per heavy atom. The van der Waals surface area contributed by atoms with Crippen molar-refractivity contribution in [3.05, 3.63) is 116 Å². The zero-order valence-electron chi connectivity index (χ0n) is 20.5. The lowest BCUT2D eigenvalue weighted by Crippen LogP contribution is -2.16.